The van der Waals surface area contributed by atoms with Gasteiger partial charge in [0.25, 0.3) is 5.84 Å². The molecule has 2 aliphatic heterocycles. The van der Waals surface area contributed by atoms with Crippen LogP contribution in [0.25, 0.3) is 5.70 Å². The molecule has 1 unspecified atom stereocenters. The van der Waals surface area contributed by atoms with Crippen molar-refractivity contribution >= 4 is 29.1 Å². The van der Waals surface area contributed by atoms with Crippen LogP contribution in [-0.4, -0.2) is 19.1 Å². The highest BCUT2D eigenvalue weighted by Crippen LogP contribution is 2.40. The second-order valence-corrected chi connectivity index (χ2v) is 5.50. The van der Waals surface area contributed by atoms with E-state index in [9.17, 15) is 0 Å². The molecule has 0 aromatic heterocycles. The van der Waals surface area contributed by atoms with Gasteiger partial charge in [-0.2, -0.15) is 10.3 Å². The van der Waals surface area contributed by atoms with E-state index in [1.807, 2.05) is 42.6 Å². The largest absolute Gasteiger partial charge is 0.256 e. The molecular weight excluding hydrogens is 272 g/mol. The van der Waals surface area contributed by atoms with Gasteiger partial charge in [-0.25, -0.2) is 9.48 Å². The van der Waals surface area contributed by atoms with Gasteiger partial charge in [-0.05, 0) is 18.2 Å². The fourth-order valence-corrected chi connectivity index (χ4v) is 2.89. The summed E-state index contributed by atoms with van der Waals surface area (Å²) >= 11 is 0. The minimum atomic E-state index is 0.506. The first kappa shape index (κ1) is 12.7. The summed E-state index contributed by atoms with van der Waals surface area (Å²) in [5, 5.41) is 9.06. The normalized spacial score (nSPS) is 21.5. The van der Waals surface area contributed by atoms with Gasteiger partial charge in [0, 0.05) is 11.6 Å². The maximum absolute atomic E-state index is 9.06. The Kier molecular flexibility index (Phi) is 2.59. The van der Waals surface area contributed by atoms with Crippen molar-refractivity contribution in [3.63, 3.8) is 0 Å². The number of para-hydroxylation sites is 2. The van der Waals surface area contributed by atoms with Gasteiger partial charge in [-0.1, -0.05) is 24.3 Å². The minimum Gasteiger partial charge on any atom is -0.242 e. The van der Waals surface area contributed by atoms with Crippen molar-refractivity contribution in [2.75, 3.05) is 7.05 Å². The van der Waals surface area contributed by atoms with Crippen molar-refractivity contribution in [2.45, 2.75) is 0 Å². The summed E-state index contributed by atoms with van der Waals surface area (Å²) < 4.78 is 0.506. The summed E-state index contributed by atoms with van der Waals surface area (Å²) in [7, 11) is 2.10. The topological polar surface area (TPSA) is 48.5 Å². The minimum absolute atomic E-state index is 0.506. The third kappa shape index (κ3) is 1.73. The Hall–Kier alpha value is -3.03. The SMILES string of the molecule is C[N+]12C=C(c3cccc(C#N)c3)N=C1C=Nc1ccccc12. The molecule has 0 bridgehead atoms. The summed E-state index contributed by atoms with van der Waals surface area (Å²) in [6.07, 6.45) is 3.93. The van der Waals surface area contributed by atoms with Crippen LogP contribution in [0.3, 0.4) is 0 Å². The third-order valence-corrected chi connectivity index (χ3v) is 4.08. The molecule has 0 aliphatic carbocycles. The molecule has 4 nitrogen and oxygen atoms in total. The van der Waals surface area contributed by atoms with Gasteiger partial charge in [0.05, 0.1) is 18.7 Å². The van der Waals surface area contributed by atoms with Crippen molar-refractivity contribution in [1.82, 2.24) is 4.48 Å². The Morgan fingerprint density at radius 2 is 1.95 bits per heavy atom. The lowest BCUT2D eigenvalue weighted by Crippen LogP contribution is -2.45. The number of hydrogen-bond donors (Lipinski definition) is 0. The van der Waals surface area contributed by atoms with Crippen molar-refractivity contribution < 1.29 is 0 Å². The molecule has 4 rings (SSSR count). The number of aliphatic imine (C=N–C) groups is 2. The summed E-state index contributed by atoms with van der Waals surface area (Å²) in [4.78, 5) is 9.20. The molecule has 0 radical (unpaired) electrons. The van der Waals surface area contributed by atoms with Gasteiger partial charge < -0.3 is 0 Å². The second-order valence-electron chi connectivity index (χ2n) is 5.50. The Labute approximate surface area is 128 Å². The first-order chi connectivity index (χ1) is 10.7. The molecule has 4 heteroatoms. The number of fused-ring (bicyclic) bond motifs is 3. The zero-order valence-corrected chi connectivity index (χ0v) is 12.1. The Bertz CT molecular complexity index is 915. The highest BCUT2D eigenvalue weighted by Gasteiger charge is 2.39. The maximum Gasteiger partial charge on any atom is 0.256 e. The van der Waals surface area contributed by atoms with Gasteiger partial charge in [0.1, 0.15) is 23.8 Å². The maximum atomic E-state index is 9.06. The quantitative estimate of drug-likeness (QED) is 0.738. The molecule has 0 amide bonds. The number of amidine groups is 1. The molecule has 22 heavy (non-hydrogen) atoms. The summed E-state index contributed by atoms with van der Waals surface area (Å²) in [5.74, 6) is 0.885. The van der Waals surface area contributed by atoms with Crippen LogP contribution in [0.1, 0.15) is 11.1 Å². The number of nitrogens with zero attached hydrogens (tertiary/aromatic N) is 4. The Morgan fingerprint density at radius 1 is 1.09 bits per heavy atom. The van der Waals surface area contributed by atoms with E-state index in [-0.39, 0.29) is 0 Å². The number of benzene rings is 2. The van der Waals surface area contributed by atoms with Crippen LogP contribution in [0, 0.1) is 11.3 Å². The van der Waals surface area contributed by atoms with E-state index in [0.29, 0.717) is 10.0 Å². The lowest BCUT2D eigenvalue weighted by Gasteiger charge is -2.28. The lowest BCUT2D eigenvalue weighted by molar-refractivity contribution is 0.673. The van der Waals surface area contributed by atoms with Crippen LogP contribution in [0.2, 0.25) is 0 Å². The number of rotatable bonds is 1. The average Bonchev–Trinajstić information content (AvgIpc) is 2.93. The standard InChI is InChI=1S/C18H13N4/c1-22-12-16(14-6-4-5-13(9-14)10-19)21-18(22)11-20-15-7-2-3-8-17(15)22/h2-9,11-12H,1H3/q+1. The van der Waals surface area contributed by atoms with Crippen LogP contribution in [0.5, 0.6) is 0 Å². The van der Waals surface area contributed by atoms with Crippen LogP contribution >= 0.6 is 0 Å². The molecule has 0 fully saturated rings. The average molecular weight is 285 g/mol. The van der Waals surface area contributed by atoms with Crippen LogP contribution < -0.4 is 4.48 Å². The molecule has 0 saturated carbocycles. The molecule has 1 atom stereocenters. The molecule has 2 aromatic carbocycles. The van der Waals surface area contributed by atoms with Crippen LogP contribution in [0.4, 0.5) is 11.4 Å². The van der Waals surface area contributed by atoms with Crippen molar-refractivity contribution in [2.24, 2.45) is 9.98 Å². The first-order valence-electron chi connectivity index (χ1n) is 7.03. The highest BCUT2D eigenvalue weighted by atomic mass is 15.4. The van der Waals surface area contributed by atoms with Crippen LogP contribution in [0.15, 0.2) is 64.7 Å². The van der Waals surface area contributed by atoms with Gasteiger partial charge in [0.15, 0.2) is 5.69 Å². The predicted octanol–water partition coefficient (Wildman–Crippen LogP) is 3.62. The Balaban J connectivity index is 1.87. The molecule has 0 saturated heterocycles. The second kappa shape index (κ2) is 4.48. The fourth-order valence-electron chi connectivity index (χ4n) is 2.89. The van der Waals surface area contributed by atoms with E-state index in [4.69, 9.17) is 10.3 Å². The van der Waals surface area contributed by atoms with Crippen molar-refractivity contribution in [1.29, 1.82) is 5.26 Å². The van der Waals surface area contributed by atoms with Crippen molar-refractivity contribution in [3.8, 4) is 6.07 Å². The molecule has 2 heterocycles. The van der Waals surface area contributed by atoms with Gasteiger partial charge in [-0.15, -0.1) is 0 Å². The zero-order valence-electron chi connectivity index (χ0n) is 12.1. The molecular formula is C18H13N4+. The van der Waals surface area contributed by atoms with E-state index in [0.717, 1.165) is 28.5 Å². The summed E-state index contributed by atoms with van der Waals surface area (Å²) in [5.41, 5.74) is 4.53. The number of hydrogen-bond acceptors (Lipinski definition) is 3. The molecule has 2 aliphatic rings. The molecule has 0 N–H and O–H groups in total. The smallest absolute Gasteiger partial charge is 0.242 e. The first-order valence-corrected chi connectivity index (χ1v) is 7.03. The molecule has 0 spiro atoms. The van der Waals surface area contributed by atoms with E-state index in [2.05, 4.69) is 30.4 Å². The van der Waals surface area contributed by atoms with Gasteiger partial charge >= 0.3 is 0 Å². The predicted molar refractivity (Wildman–Crippen MR) is 88.9 cm³/mol. The Morgan fingerprint density at radius 3 is 2.82 bits per heavy atom. The van der Waals surface area contributed by atoms with Crippen molar-refractivity contribution in [3.05, 3.63) is 65.9 Å². The lowest BCUT2D eigenvalue weighted by atomic mass is 10.1. The van der Waals surface area contributed by atoms with E-state index in [1.54, 1.807) is 6.07 Å². The molecule has 104 valence electrons. The third-order valence-electron chi connectivity index (χ3n) is 4.08. The van der Waals surface area contributed by atoms with E-state index < -0.39 is 0 Å². The monoisotopic (exact) mass is 285 g/mol. The van der Waals surface area contributed by atoms with Crippen LogP contribution in [-0.2, 0) is 0 Å². The van der Waals surface area contributed by atoms with Gasteiger partial charge in [-0.3, -0.25) is 0 Å². The van der Waals surface area contributed by atoms with E-state index in [1.165, 1.54) is 0 Å². The fraction of sp³-hybridized carbons (Fsp3) is 0.0556. The summed E-state index contributed by atoms with van der Waals surface area (Å²) in [6, 6.07) is 17.8. The number of quaternary nitrogens is 1. The highest BCUT2D eigenvalue weighted by molar-refractivity contribution is 6.38. The molecule has 2 aromatic rings. The van der Waals surface area contributed by atoms with Gasteiger partial charge in [0.2, 0.25) is 0 Å². The number of nitriles is 1. The van der Waals surface area contributed by atoms with E-state index >= 15 is 0 Å². The summed E-state index contributed by atoms with van der Waals surface area (Å²) in [6.45, 7) is 0. The zero-order chi connectivity index (χ0) is 15.2.